The largest absolute Gasteiger partial charge is 0.378 e. The van der Waals surface area contributed by atoms with Gasteiger partial charge in [0.25, 0.3) is 0 Å². The number of nitrogens with zero attached hydrogens (tertiary/aromatic N) is 5. The number of benzene rings is 1. The highest BCUT2D eigenvalue weighted by atomic mass is 32.2. The molecule has 2 saturated heterocycles. The molecule has 150 valence electrons. The van der Waals surface area contributed by atoms with Gasteiger partial charge < -0.3 is 19.3 Å². The number of rotatable bonds is 5. The first-order valence-corrected chi connectivity index (χ1v) is 10.2. The first-order chi connectivity index (χ1) is 13.7. The maximum absolute atomic E-state index is 13.9. The van der Waals surface area contributed by atoms with E-state index in [4.69, 9.17) is 9.47 Å². The summed E-state index contributed by atoms with van der Waals surface area (Å²) in [7, 11) is 0. The Morgan fingerprint density at radius 3 is 2.50 bits per heavy atom. The smallest absolute Gasteiger partial charge is 0.233 e. The lowest BCUT2D eigenvalue weighted by molar-refractivity contribution is -0.132. The fourth-order valence-corrected chi connectivity index (χ4v) is 4.05. The van der Waals surface area contributed by atoms with E-state index in [1.54, 1.807) is 11.0 Å². The number of hydrogen-bond acceptors (Lipinski definition) is 7. The van der Waals surface area contributed by atoms with Crippen molar-refractivity contribution in [1.82, 2.24) is 19.7 Å². The van der Waals surface area contributed by atoms with Crippen LogP contribution in [0, 0.1) is 5.82 Å². The van der Waals surface area contributed by atoms with Crippen molar-refractivity contribution >= 4 is 23.6 Å². The fraction of sp³-hybridized carbons (Fsp3) is 0.500. The summed E-state index contributed by atoms with van der Waals surface area (Å²) < 4.78 is 26.4. The number of morpholine rings is 2. The molecule has 4 rings (SSSR count). The lowest BCUT2D eigenvalue weighted by Gasteiger charge is -2.28. The molecule has 3 heterocycles. The van der Waals surface area contributed by atoms with Crippen LogP contribution in [-0.4, -0.2) is 83.9 Å². The van der Waals surface area contributed by atoms with E-state index in [2.05, 4.69) is 15.1 Å². The molecule has 0 bridgehead atoms. The van der Waals surface area contributed by atoms with E-state index in [-0.39, 0.29) is 17.5 Å². The van der Waals surface area contributed by atoms with E-state index >= 15 is 0 Å². The van der Waals surface area contributed by atoms with Crippen LogP contribution in [0.5, 0.6) is 0 Å². The number of halogens is 1. The van der Waals surface area contributed by atoms with Gasteiger partial charge in [-0.2, -0.15) is 0 Å². The van der Waals surface area contributed by atoms with Crippen molar-refractivity contribution in [2.24, 2.45) is 0 Å². The fourth-order valence-electron chi connectivity index (χ4n) is 3.20. The van der Waals surface area contributed by atoms with Crippen LogP contribution < -0.4 is 4.90 Å². The third-order valence-electron chi connectivity index (χ3n) is 4.67. The third kappa shape index (κ3) is 4.29. The number of aromatic nitrogens is 3. The topological polar surface area (TPSA) is 72.7 Å². The molecular formula is C18H22FN5O3S. The molecule has 0 aliphatic carbocycles. The van der Waals surface area contributed by atoms with Gasteiger partial charge in [-0.1, -0.05) is 17.8 Å². The summed E-state index contributed by atoms with van der Waals surface area (Å²) >= 11 is 1.31. The van der Waals surface area contributed by atoms with Gasteiger partial charge in [0.15, 0.2) is 5.16 Å². The predicted molar refractivity (Wildman–Crippen MR) is 102 cm³/mol. The molecular weight excluding hydrogens is 385 g/mol. The normalized spacial score (nSPS) is 17.8. The second-order valence-corrected chi connectivity index (χ2v) is 7.42. The molecule has 2 aromatic rings. The molecule has 1 aromatic carbocycles. The monoisotopic (exact) mass is 407 g/mol. The zero-order valence-corrected chi connectivity index (χ0v) is 16.2. The maximum Gasteiger partial charge on any atom is 0.233 e. The molecule has 28 heavy (non-hydrogen) atoms. The second kappa shape index (κ2) is 8.89. The average molecular weight is 407 g/mol. The number of carbonyl (C=O) groups is 1. The van der Waals surface area contributed by atoms with Crippen LogP contribution in [0.4, 0.5) is 10.3 Å². The number of hydrogen-bond donors (Lipinski definition) is 0. The van der Waals surface area contributed by atoms with Gasteiger partial charge in [0.2, 0.25) is 11.9 Å². The lowest BCUT2D eigenvalue weighted by atomic mass is 10.3. The molecule has 0 N–H and O–H groups in total. The zero-order chi connectivity index (χ0) is 19.3. The van der Waals surface area contributed by atoms with Crippen LogP contribution >= 0.6 is 11.8 Å². The zero-order valence-electron chi connectivity index (χ0n) is 15.4. The highest BCUT2D eigenvalue weighted by Crippen LogP contribution is 2.27. The van der Waals surface area contributed by atoms with Gasteiger partial charge in [0, 0.05) is 26.2 Å². The molecule has 8 nitrogen and oxygen atoms in total. The van der Waals surface area contributed by atoms with Gasteiger partial charge in [-0.05, 0) is 18.2 Å². The van der Waals surface area contributed by atoms with Crippen LogP contribution in [0.1, 0.15) is 0 Å². The van der Waals surface area contributed by atoms with E-state index in [1.807, 2.05) is 10.6 Å². The first-order valence-electron chi connectivity index (χ1n) is 9.25. The highest BCUT2D eigenvalue weighted by molar-refractivity contribution is 7.99. The SMILES string of the molecule is O=C(CSc1nnc(N2CCOCC2)n1-c1cccc(F)c1)N1CCOCC1. The van der Waals surface area contributed by atoms with Gasteiger partial charge in [0.05, 0.1) is 37.9 Å². The minimum absolute atomic E-state index is 0.0371. The minimum atomic E-state index is -0.334. The van der Waals surface area contributed by atoms with E-state index in [1.165, 1.54) is 23.9 Å². The maximum atomic E-state index is 13.9. The van der Waals surface area contributed by atoms with Gasteiger partial charge in [-0.3, -0.25) is 9.36 Å². The summed E-state index contributed by atoms with van der Waals surface area (Å²) in [5.74, 6) is 0.584. The van der Waals surface area contributed by atoms with Crippen molar-refractivity contribution in [1.29, 1.82) is 0 Å². The van der Waals surface area contributed by atoms with Gasteiger partial charge in [0.1, 0.15) is 5.82 Å². The molecule has 2 aliphatic heterocycles. The van der Waals surface area contributed by atoms with E-state index in [9.17, 15) is 9.18 Å². The van der Waals surface area contributed by atoms with Crippen LogP contribution in [0.2, 0.25) is 0 Å². The number of carbonyl (C=O) groups excluding carboxylic acids is 1. The first kappa shape index (κ1) is 19.2. The lowest BCUT2D eigenvalue weighted by Crippen LogP contribution is -2.41. The standard InChI is InChI=1S/C18H22FN5O3S/c19-14-2-1-3-15(12-14)24-17(23-6-10-27-11-7-23)20-21-18(24)28-13-16(25)22-4-8-26-9-5-22/h1-3,12H,4-11,13H2. The van der Waals surface area contributed by atoms with Crippen molar-refractivity contribution in [2.75, 3.05) is 63.3 Å². The number of thioether (sulfide) groups is 1. The molecule has 1 amide bonds. The Labute approximate surface area is 166 Å². The van der Waals surface area contributed by atoms with Crippen molar-refractivity contribution < 1.29 is 18.7 Å². The Morgan fingerprint density at radius 2 is 1.79 bits per heavy atom. The molecule has 0 atom stereocenters. The van der Waals surface area contributed by atoms with Crippen LogP contribution in [-0.2, 0) is 14.3 Å². The van der Waals surface area contributed by atoms with Gasteiger partial charge in [-0.25, -0.2) is 4.39 Å². The van der Waals surface area contributed by atoms with E-state index in [0.29, 0.717) is 69.4 Å². The molecule has 10 heteroatoms. The van der Waals surface area contributed by atoms with E-state index < -0.39 is 0 Å². The molecule has 1 aromatic heterocycles. The van der Waals surface area contributed by atoms with Crippen LogP contribution in [0.3, 0.4) is 0 Å². The van der Waals surface area contributed by atoms with Crippen molar-refractivity contribution in [3.63, 3.8) is 0 Å². The molecule has 2 fully saturated rings. The summed E-state index contributed by atoms with van der Waals surface area (Å²) in [5, 5.41) is 9.19. The molecule has 0 radical (unpaired) electrons. The van der Waals surface area contributed by atoms with Crippen molar-refractivity contribution in [3.8, 4) is 5.69 Å². The third-order valence-corrected chi connectivity index (χ3v) is 5.58. The molecule has 0 unspecified atom stereocenters. The minimum Gasteiger partial charge on any atom is -0.378 e. The highest BCUT2D eigenvalue weighted by Gasteiger charge is 2.24. The van der Waals surface area contributed by atoms with Gasteiger partial charge >= 0.3 is 0 Å². The number of amides is 1. The Bertz CT molecular complexity index is 821. The predicted octanol–water partition coefficient (Wildman–Crippen LogP) is 1.19. The van der Waals surface area contributed by atoms with Gasteiger partial charge in [-0.15, -0.1) is 10.2 Å². The second-order valence-electron chi connectivity index (χ2n) is 6.48. The van der Waals surface area contributed by atoms with Crippen molar-refractivity contribution in [2.45, 2.75) is 5.16 Å². The summed E-state index contributed by atoms with van der Waals surface area (Å²) in [6.45, 7) is 4.93. The van der Waals surface area contributed by atoms with Crippen molar-refractivity contribution in [3.05, 3.63) is 30.1 Å². The summed E-state index contributed by atoms with van der Waals surface area (Å²) in [6, 6.07) is 6.31. The quantitative estimate of drug-likeness (QED) is 0.690. The Morgan fingerprint density at radius 1 is 1.07 bits per heavy atom. The molecule has 0 saturated carbocycles. The molecule has 0 spiro atoms. The van der Waals surface area contributed by atoms with E-state index in [0.717, 1.165) is 0 Å². The number of anilines is 1. The Hall–Kier alpha value is -2.17. The molecule has 2 aliphatic rings. The summed E-state index contributed by atoms with van der Waals surface area (Å²) in [6.07, 6.45) is 0. The summed E-state index contributed by atoms with van der Waals surface area (Å²) in [4.78, 5) is 16.3. The Balaban J connectivity index is 1.57. The number of ether oxygens (including phenoxy) is 2. The van der Waals surface area contributed by atoms with Crippen LogP contribution in [0.15, 0.2) is 29.4 Å². The Kier molecular flexibility index (Phi) is 6.08. The summed E-state index contributed by atoms with van der Waals surface area (Å²) in [5.41, 5.74) is 0.632. The average Bonchev–Trinajstić information content (AvgIpc) is 3.17. The van der Waals surface area contributed by atoms with Crippen LogP contribution in [0.25, 0.3) is 5.69 Å².